The summed E-state index contributed by atoms with van der Waals surface area (Å²) in [6.45, 7) is 5.08. The van der Waals surface area contributed by atoms with Gasteiger partial charge in [0.2, 0.25) is 0 Å². The Hall–Kier alpha value is -1.18. The van der Waals surface area contributed by atoms with E-state index in [4.69, 9.17) is 0 Å². The normalized spacial score (nSPS) is 22.1. The first kappa shape index (κ1) is 9.81. The molecule has 2 nitrogen and oxygen atoms in total. The quantitative estimate of drug-likeness (QED) is 0.673. The second-order valence-corrected chi connectivity index (χ2v) is 5.62. The number of aryl methyl sites for hydroxylation is 2. The molecule has 0 unspecified atom stereocenters. The summed E-state index contributed by atoms with van der Waals surface area (Å²) in [6.07, 6.45) is 6.57. The van der Waals surface area contributed by atoms with Crippen LogP contribution in [0.2, 0.25) is 0 Å². The summed E-state index contributed by atoms with van der Waals surface area (Å²) in [6, 6.07) is 4.80. The topological polar surface area (TPSA) is 6.48 Å². The first-order valence-electron chi connectivity index (χ1n) is 7.08. The summed E-state index contributed by atoms with van der Waals surface area (Å²) >= 11 is 0. The van der Waals surface area contributed by atoms with E-state index in [0.717, 1.165) is 0 Å². The molecule has 0 N–H and O–H groups in total. The van der Waals surface area contributed by atoms with Gasteiger partial charge in [-0.1, -0.05) is 12.1 Å². The summed E-state index contributed by atoms with van der Waals surface area (Å²) in [5.74, 6) is 0. The average molecular weight is 228 g/mol. The van der Waals surface area contributed by atoms with Crippen LogP contribution in [0.15, 0.2) is 12.1 Å². The average Bonchev–Trinajstić information content (AvgIpc) is 2.57. The molecule has 1 aromatic carbocycles. The van der Waals surface area contributed by atoms with Crippen LogP contribution < -0.4 is 9.80 Å². The molecule has 0 saturated heterocycles. The smallest absolute Gasteiger partial charge is 0.0639 e. The molecule has 90 valence electrons. The molecule has 0 fully saturated rings. The second-order valence-electron chi connectivity index (χ2n) is 5.62. The summed E-state index contributed by atoms with van der Waals surface area (Å²) in [7, 11) is 0. The lowest BCUT2D eigenvalue weighted by atomic mass is 9.93. The van der Waals surface area contributed by atoms with E-state index < -0.39 is 0 Å². The molecule has 3 heterocycles. The van der Waals surface area contributed by atoms with Gasteiger partial charge in [0.25, 0.3) is 0 Å². The fourth-order valence-electron chi connectivity index (χ4n) is 3.82. The molecule has 0 aromatic heterocycles. The third-order valence-corrected chi connectivity index (χ3v) is 4.56. The van der Waals surface area contributed by atoms with E-state index in [0.29, 0.717) is 0 Å². The van der Waals surface area contributed by atoms with Crippen molar-refractivity contribution < 1.29 is 0 Å². The molecule has 3 aliphatic rings. The fraction of sp³-hybridized carbons (Fsp3) is 0.600. The molecule has 0 radical (unpaired) electrons. The van der Waals surface area contributed by atoms with Crippen molar-refractivity contribution in [3.05, 3.63) is 23.3 Å². The van der Waals surface area contributed by atoms with Gasteiger partial charge in [-0.25, -0.2) is 0 Å². The third-order valence-electron chi connectivity index (χ3n) is 4.56. The highest BCUT2D eigenvalue weighted by Gasteiger charge is 2.29. The number of hydrogen-bond acceptors (Lipinski definition) is 2. The van der Waals surface area contributed by atoms with E-state index in [1.165, 1.54) is 58.3 Å². The maximum absolute atomic E-state index is 2.66. The predicted octanol–water partition coefficient (Wildman–Crippen LogP) is 2.60. The van der Waals surface area contributed by atoms with Crippen molar-refractivity contribution in [1.29, 1.82) is 0 Å². The Labute approximate surface area is 103 Å². The van der Waals surface area contributed by atoms with Crippen molar-refractivity contribution in [2.45, 2.75) is 32.1 Å². The molecule has 0 bridgehead atoms. The predicted molar refractivity (Wildman–Crippen MR) is 72.1 cm³/mol. The Kier molecular flexibility index (Phi) is 2.11. The summed E-state index contributed by atoms with van der Waals surface area (Å²) in [5.41, 5.74) is 6.41. The number of benzene rings is 1. The Morgan fingerprint density at radius 2 is 1.12 bits per heavy atom. The van der Waals surface area contributed by atoms with Crippen molar-refractivity contribution in [3.8, 4) is 0 Å². The zero-order chi connectivity index (χ0) is 11.2. The fourth-order valence-corrected chi connectivity index (χ4v) is 3.82. The third kappa shape index (κ3) is 1.39. The van der Waals surface area contributed by atoms with Gasteiger partial charge in [-0.2, -0.15) is 0 Å². The van der Waals surface area contributed by atoms with Gasteiger partial charge in [-0.3, -0.25) is 0 Å². The van der Waals surface area contributed by atoms with Crippen LogP contribution in [0.5, 0.6) is 0 Å². The Morgan fingerprint density at radius 1 is 0.647 bits per heavy atom. The first-order valence-corrected chi connectivity index (χ1v) is 7.08. The van der Waals surface area contributed by atoms with E-state index in [1.54, 1.807) is 22.5 Å². The molecule has 0 spiro atoms. The molecular formula is C15H20N2. The highest BCUT2D eigenvalue weighted by atomic mass is 15.2. The number of hydrogen-bond donors (Lipinski definition) is 0. The van der Waals surface area contributed by atoms with Gasteiger partial charge < -0.3 is 9.80 Å². The maximum atomic E-state index is 2.66. The molecule has 0 amide bonds. The van der Waals surface area contributed by atoms with Crippen molar-refractivity contribution in [3.63, 3.8) is 0 Å². The van der Waals surface area contributed by atoms with E-state index in [1.807, 2.05) is 0 Å². The van der Waals surface area contributed by atoms with Crippen molar-refractivity contribution >= 4 is 11.4 Å². The molecule has 17 heavy (non-hydrogen) atoms. The second kappa shape index (κ2) is 3.66. The molecule has 0 atom stereocenters. The van der Waals surface area contributed by atoms with Crippen molar-refractivity contribution in [1.82, 2.24) is 0 Å². The van der Waals surface area contributed by atoms with Crippen LogP contribution in [0, 0.1) is 0 Å². The first-order chi connectivity index (χ1) is 8.43. The lowest BCUT2D eigenvalue weighted by molar-refractivity contribution is 0.663. The van der Waals surface area contributed by atoms with Crippen LogP contribution in [0.3, 0.4) is 0 Å². The van der Waals surface area contributed by atoms with Crippen LogP contribution in [0.4, 0.5) is 11.4 Å². The highest BCUT2D eigenvalue weighted by Crippen LogP contribution is 2.43. The van der Waals surface area contributed by atoms with Crippen LogP contribution >= 0.6 is 0 Å². The van der Waals surface area contributed by atoms with Crippen LogP contribution in [-0.4, -0.2) is 26.2 Å². The molecular weight excluding hydrogens is 208 g/mol. The Morgan fingerprint density at radius 3 is 1.65 bits per heavy atom. The zero-order valence-corrected chi connectivity index (χ0v) is 10.4. The SMILES string of the molecule is c1cc2c3c4c1CCCN4CCCN3CCC2. The highest BCUT2D eigenvalue weighted by molar-refractivity contribution is 5.80. The van der Waals surface area contributed by atoms with Crippen molar-refractivity contribution in [2.75, 3.05) is 36.0 Å². The Balaban J connectivity index is 1.96. The molecule has 2 heteroatoms. The van der Waals surface area contributed by atoms with E-state index in [-0.39, 0.29) is 0 Å². The van der Waals surface area contributed by atoms with Gasteiger partial charge in [0, 0.05) is 26.2 Å². The molecule has 0 saturated carbocycles. The molecule has 1 aromatic rings. The van der Waals surface area contributed by atoms with E-state index >= 15 is 0 Å². The molecule has 0 aliphatic carbocycles. The van der Waals surface area contributed by atoms with Crippen LogP contribution in [0.1, 0.15) is 30.4 Å². The van der Waals surface area contributed by atoms with Crippen LogP contribution in [-0.2, 0) is 12.8 Å². The van der Waals surface area contributed by atoms with Gasteiger partial charge in [-0.05, 0) is 43.2 Å². The minimum atomic E-state index is 1.26. The minimum absolute atomic E-state index is 1.26. The lowest BCUT2D eigenvalue weighted by Crippen LogP contribution is -2.31. The van der Waals surface area contributed by atoms with Gasteiger partial charge in [0.1, 0.15) is 0 Å². The monoisotopic (exact) mass is 228 g/mol. The number of rotatable bonds is 0. The van der Waals surface area contributed by atoms with E-state index in [2.05, 4.69) is 21.9 Å². The lowest BCUT2D eigenvalue weighted by Gasteiger charge is -2.36. The van der Waals surface area contributed by atoms with E-state index in [9.17, 15) is 0 Å². The van der Waals surface area contributed by atoms with Crippen molar-refractivity contribution in [2.24, 2.45) is 0 Å². The largest absolute Gasteiger partial charge is 0.370 e. The van der Waals surface area contributed by atoms with Gasteiger partial charge >= 0.3 is 0 Å². The van der Waals surface area contributed by atoms with Gasteiger partial charge in [0.05, 0.1) is 11.4 Å². The summed E-state index contributed by atoms with van der Waals surface area (Å²) in [4.78, 5) is 5.31. The van der Waals surface area contributed by atoms with Gasteiger partial charge in [-0.15, -0.1) is 0 Å². The number of anilines is 2. The minimum Gasteiger partial charge on any atom is -0.370 e. The Bertz CT molecular complexity index is 411. The summed E-state index contributed by atoms with van der Waals surface area (Å²) < 4.78 is 0. The molecule has 4 rings (SSSR count). The van der Waals surface area contributed by atoms with Crippen LogP contribution in [0.25, 0.3) is 0 Å². The standard InChI is InChI=1S/C15H20N2/c1-4-12-6-7-13-5-2-9-17-11-3-10-16(8-1)14(12)15(13)17/h6-7H,1-5,8-11H2. The summed E-state index contributed by atoms with van der Waals surface area (Å²) in [5, 5.41) is 0. The molecule has 3 aliphatic heterocycles. The van der Waals surface area contributed by atoms with Gasteiger partial charge in [0.15, 0.2) is 0 Å². The zero-order valence-electron chi connectivity index (χ0n) is 10.4. The maximum Gasteiger partial charge on any atom is 0.0639 e. The number of nitrogens with zero attached hydrogens (tertiary/aromatic N) is 2.